The first-order chi connectivity index (χ1) is 4.97. The van der Waals surface area contributed by atoms with Gasteiger partial charge in [0.25, 0.3) is 0 Å². The standard InChI is InChI=1S/C4H5BrN2O3S/c5-4-1-3(10-7-4)2-11(6,8)9/h1H,2H2,(H2,6,8,9). The summed E-state index contributed by atoms with van der Waals surface area (Å²) in [4.78, 5) is 0. The lowest BCUT2D eigenvalue weighted by Gasteiger charge is -1.89. The summed E-state index contributed by atoms with van der Waals surface area (Å²) in [6.07, 6.45) is 0. The molecule has 0 fully saturated rings. The van der Waals surface area contributed by atoms with Crippen molar-refractivity contribution in [3.8, 4) is 0 Å². The Morgan fingerprint density at radius 3 is 2.73 bits per heavy atom. The third-order valence-electron chi connectivity index (χ3n) is 0.874. The monoisotopic (exact) mass is 240 g/mol. The van der Waals surface area contributed by atoms with Gasteiger partial charge in [0.15, 0.2) is 5.76 Å². The summed E-state index contributed by atoms with van der Waals surface area (Å²) in [5, 5.41) is 8.17. The smallest absolute Gasteiger partial charge is 0.216 e. The molecule has 0 saturated carbocycles. The molecule has 0 aliphatic rings. The Morgan fingerprint density at radius 2 is 2.36 bits per heavy atom. The fourth-order valence-electron chi connectivity index (χ4n) is 0.554. The SMILES string of the molecule is NS(=O)(=O)Cc1cc(Br)no1. The van der Waals surface area contributed by atoms with Crippen molar-refractivity contribution >= 4 is 26.0 Å². The highest BCUT2D eigenvalue weighted by Crippen LogP contribution is 2.11. The van der Waals surface area contributed by atoms with Crippen LogP contribution in [0.1, 0.15) is 5.76 Å². The van der Waals surface area contributed by atoms with Gasteiger partial charge in [-0.1, -0.05) is 5.16 Å². The number of nitrogens with zero attached hydrogens (tertiary/aromatic N) is 1. The zero-order chi connectivity index (χ0) is 8.48. The van der Waals surface area contributed by atoms with Gasteiger partial charge in [0, 0.05) is 6.07 Å². The maximum Gasteiger partial charge on any atom is 0.216 e. The van der Waals surface area contributed by atoms with Gasteiger partial charge < -0.3 is 4.52 Å². The molecule has 0 aromatic carbocycles. The van der Waals surface area contributed by atoms with Crippen LogP contribution in [0.2, 0.25) is 0 Å². The van der Waals surface area contributed by atoms with Crippen LogP contribution in [0.4, 0.5) is 0 Å². The second kappa shape index (κ2) is 2.92. The molecule has 0 aliphatic heterocycles. The van der Waals surface area contributed by atoms with Crippen molar-refractivity contribution in [2.45, 2.75) is 5.75 Å². The van der Waals surface area contributed by atoms with Crippen LogP contribution in [-0.4, -0.2) is 13.6 Å². The normalized spacial score (nSPS) is 11.8. The molecule has 0 bridgehead atoms. The van der Waals surface area contributed by atoms with Crippen LogP contribution < -0.4 is 5.14 Å². The van der Waals surface area contributed by atoms with Gasteiger partial charge in [-0.15, -0.1) is 0 Å². The van der Waals surface area contributed by atoms with E-state index in [1.54, 1.807) is 0 Å². The Hall–Kier alpha value is -0.400. The van der Waals surface area contributed by atoms with Crippen molar-refractivity contribution in [2.24, 2.45) is 5.14 Å². The van der Waals surface area contributed by atoms with E-state index in [4.69, 9.17) is 5.14 Å². The summed E-state index contributed by atoms with van der Waals surface area (Å²) >= 11 is 3.00. The van der Waals surface area contributed by atoms with Crippen molar-refractivity contribution in [3.05, 3.63) is 16.4 Å². The first kappa shape index (κ1) is 8.69. The highest BCUT2D eigenvalue weighted by Gasteiger charge is 2.09. The molecule has 62 valence electrons. The number of nitrogens with two attached hydrogens (primary N) is 1. The average molecular weight is 241 g/mol. The molecular formula is C4H5BrN2O3S. The van der Waals surface area contributed by atoms with Gasteiger partial charge >= 0.3 is 0 Å². The number of aromatic nitrogens is 1. The van der Waals surface area contributed by atoms with Crippen LogP contribution in [0.5, 0.6) is 0 Å². The molecule has 1 heterocycles. The van der Waals surface area contributed by atoms with Crippen LogP contribution in [0.25, 0.3) is 0 Å². The van der Waals surface area contributed by atoms with Gasteiger partial charge in [0.05, 0.1) is 0 Å². The minimum absolute atomic E-state index is 0.222. The van der Waals surface area contributed by atoms with E-state index in [0.717, 1.165) is 0 Å². The number of hydrogen-bond acceptors (Lipinski definition) is 4. The maximum absolute atomic E-state index is 10.5. The largest absolute Gasteiger partial charge is 0.359 e. The molecule has 0 atom stereocenters. The molecular weight excluding hydrogens is 236 g/mol. The van der Waals surface area contributed by atoms with Gasteiger partial charge in [-0.2, -0.15) is 0 Å². The predicted molar refractivity (Wildman–Crippen MR) is 41.0 cm³/mol. The van der Waals surface area contributed by atoms with E-state index in [1.165, 1.54) is 6.07 Å². The topological polar surface area (TPSA) is 86.2 Å². The molecule has 1 rings (SSSR count). The number of hydrogen-bond donors (Lipinski definition) is 1. The van der Waals surface area contributed by atoms with E-state index in [-0.39, 0.29) is 11.5 Å². The summed E-state index contributed by atoms with van der Waals surface area (Å²) in [7, 11) is -3.52. The second-order valence-electron chi connectivity index (χ2n) is 1.92. The predicted octanol–water partition coefficient (Wildman–Crippen LogP) is 0.226. The molecule has 0 aliphatic carbocycles. The molecule has 7 heteroatoms. The molecule has 0 saturated heterocycles. The number of rotatable bonds is 2. The van der Waals surface area contributed by atoms with Gasteiger partial charge in [-0.25, -0.2) is 13.6 Å². The quantitative estimate of drug-likeness (QED) is 0.802. The van der Waals surface area contributed by atoms with Gasteiger partial charge in [-0.05, 0) is 15.9 Å². The first-order valence-corrected chi connectivity index (χ1v) is 5.10. The fourth-order valence-corrected chi connectivity index (χ4v) is 1.41. The van der Waals surface area contributed by atoms with Gasteiger partial charge in [-0.3, -0.25) is 0 Å². The molecule has 11 heavy (non-hydrogen) atoms. The average Bonchev–Trinajstić information content (AvgIpc) is 2.10. The van der Waals surface area contributed by atoms with Crippen LogP contribution in [0.3, 0.4) is 0 Å². The maximum atomic E-state index is 10.5. The molecule has 1 aromatic rings. The number of sulfonamides is 1. The number of halogens is 1. The van der Waals surface area contributed by atoms with Crippen LogP contribution in [-0.2, 0) is 15.8 Å². The van der Waals surface area contributed by atoms with E-state index in [0.29, 0.717) is 4.60 Å². The van der Waals surface area contributed by atoms with Crippen LogP contribution >= 0.6 is 15.9 Å². The molecule has 0 amide bonds. The number of primary sulfonamides is 1. The summed E-state index contributed by atoms with van der Waals surface area (Å²) in [5.74, 6) is -0.106. The Kier molecular flexibility index (Phi) is 2.31. The first-order valence-electron chi connectivity index (χ1n) is 2.59. The third kappa shape index (κ3) is 3.00. The van der Waals surface area contributed by atoms with Crippen molar-refractivity contribution in [1.29, 1.82) is 0 Å². The lowest BCUT2D eigenvalue weighted by atomic mass is 10.5. The van der Waals surface area contributed by atoms with E-state index < -0.39 is 10.0 Å². The minimum atomic E-state index is -3.52. The van der Waals surface area contributed by atoms with Crippen molar-refractivity contribution in [3.63, 3.8) is 0 Å². The highest BCUT2D eigenvalue weighted by atomic mass is 79.9. The summed E-state index contributed by atoms with van der Waals surface area (Å²) in [5.41, 5.74) is 0. The Bertz CT molecular complexity index is 344. The van der Waals surface area contributed by atoms with Crippen molar-refractivity contribution in [2.75, 3.05) is 0 Å². The van der Waals surface area contributed by atoms with Gasteiger partial charge in [0.2, 0.25) is 10.0 Å². The molecule has 0 radical (unpaired) electrons. The lowest BCUT2D eigenvalue weighted by Crippen LogP contribution is -2.13. The molecule has 5 nitrogen and oxygen atoms in total. The van der Waals surface area contributed by atoms with Crippen molar-refractivity contribution < 1.29 is 12.9 Å². The molecule has 0 spiro atoms. The Morgan fingerprint density at radius 1 is 1.73 bits per heavy atom. The second-order valence-corrected chi connectivity index (χ2v) is 4.35. The van der Waals surface area contributed by atoms with Crippen molar-refractivity contribution in [1.82, 2.24) is 5.16 Å². The van der Waals surface area contributed by atoms with Crippen LogP contribution in [0.15, 0.2) is 15.2 Å². The lowest BCUT2D eigenvalue weighted by molar-refractivity contribution is 0.389. The molecule has 0 unspecified atom stereocenters. The van der Waals surface area contributed by atoms with E-state index in [1.807, 2.05) is 0 Å². The zero-order valence-electron chi connectivity index (χ0n) is 5.32. The van der Waals surface area contributed by atoms with E-state index >= 15 is 0 Å². The summed E-state index contributed by atoms with van der Waals surface area (Å²) in [6, 6.07) is 1.45. The summed E-state index contributed by atoms with van der Waals surface area (Å²) < 4.78 is 26.0. The third-order valence-corrected chi connectivity index (χ3v) is 1.93. The highest BCUT2D eigenvalue weighted by molar-refractivity contribution is 9.10. The Balaban J connectivity index is 2.81. The van der Waals surface area contributed by atoms with E-state index in [2.05, 4.69) is 25.6 Å². The summed E-state index contributed by atoms with van der Waals surface area (Å²) in [6.45, 7) is 0. The van der Waals surface area contributed by atoms with Crippen LogP contribution in [0, 0.1) is 0 Å². The molecule has 1 aromatic heterocycles. The fraction of sp³-hybridized carbons (Fsp3) is 0.250. The van der Waals surface area contributed by atoms with Gasteiger partial charge in [0.1, 0.15) is 10.4 Å². The Labute approximate surface area is 71.7 Å². The zero-order valence-corrected chi connectivity index (χ0v) is 7.72. The van der Waals surface area contributed by atoms with E-state index in [9.17, 15) is 8.42 Å². The minimum Gasteiger partial charge on any atom is -0.359 e. The molecule has 2 N–H and O–H groups in total.